The molecule has 1 aromatic carbocycles. The molecule has 1 rings (SSSR count). The molecule has 0 saturated carbocycles. The SMILES string of the molecule is CC(C)(C)OC(=O)NCCSCC(=O)Nc1ccc(F)cc1. The molecule has 7 heteroatoms. The second-order valence-electron chi connectivity index (χ2n) is 5.54. The first-order valence-electron chi connectivity index (χ1n) is 6.86. The third-order valence-corrected chi connectivity index (χ3v) is 3.23. The van der Waals surface area contributed by atoms with Gasteiger partial charge in [-0.05, 0) is 45.0 Å². The van der Waals surface area contributed by atoms with Gasteiger partial charge < -0.3 is 15.4 Å². The van der Waals surface area contributed by atoms with E-state index in [4.69, 9.17) is 4.74 Å². The van der Waals surface area contributed by atoms with Crippen LogP contribution in [-0.4, -0.2) is 35.7 Å². The fraction of sp³-hybridized carbons (Fsp3) is 0.467. The Kier molecular flexibility index (Phi) is 7.17. The molecule has 0 aromatic heterocycles. The number of alkyl carbamates (subject to hydrolysis) is 1. The van der Waals surface area contributed by atoms with E-state index >= 15 is 0 Å². The van der Waals surface area contributed by atoms with Crippen LogP contribution in [0.5, 0.6) is 0 Å². The van der Waals surface area contributed by atoms with Gasteiger partial charge in [-0.1, -0.05) is 0 Å². The molecule has 0 heterocycles. The van der Waals surface area contributed by atoms with Crippen LogP contribution in [0.15, 0.2) is 24.3 Å². The molecule has 0 radical (unpaired) electrons. The van der Waals surface area contributed by atoms with Crippen molar-refractivity contribution in [1.82, 2.24) is 5.32 Å². The third-order valence-electron chi connectivity index (χ3n) is 2.28. The maximum absolute atomic E-state index is 12.7. The van der Waals surface area contributed by atoms with E-state index in [1.165, 1.54) is 36.0 Å². The van der Waals surface area contributed by atoms with E-state index in [1.54, 1.807) is 20.8 Å². The van der Waals surface area contributed by atoms with E-state index in [1.807, 2.05) is 0 Å². The Balaban J connectivity index is 2.13. The number of anilines is 1. The van der Waals surface area contributed by atoms with Gasteiger partial charge in [-0.2, -0.15) is 11.8 Å². The van der Waals surface area contributed by atoms with Crippen molar-refractivity contribution in [2.75, 3.05) is 23.4 Å². The van der Waals surface area contributed by atoms with Gasteiger partial charge in [0.1, 0.15) is 11.4 Å². The maximum atomic E-state index is 12.7. The van der Waals surface area contributed by atoms with E-state index in [0.29, 0.717) is 18.0 Å². The Morgan fingerprint density at radius 2 is 1.86 bits per heavy atom. The summed E-state index contributed by atoms with van der Waals surface area (Å²) in [6.07, 6.45) is -0.469. The van der Waals surface area contributed by atoms with Gasteiger partial charge in [0.15, 0.2) is 0 Å². The number of carbonyl (C=O) groups excluding carboxylic acids is 2. The topological polar surface area (TPSA) is 67.4 Å². The molecule has 0 unspecified atom stereocenters. The summed E-state index contributed by atoms with van der Waals surface area (Å²) in [5, 5.41) is 5.27. The smallest absolute Gasteiger partial charge is 0.407 e. The summed E-state index contributed by atoms with van der Waals surface area (Å²) in [6.45, 7) is 5.80. The molecule has 0 aliphatic carbocycles. The van der Waals surface area contributed by atoms with Crippen LogP contribution in [0.2, 0.25) is 0 Å². The summed E-state index contributed by atoms with van der Waals surface area (Å²) in [4.78, 5) is 23.0. The first-order valence-corrected chi connectivity index (χ1v) is 8.02. The number of hydrogen-bond acceptors (Lipinski definition) is 4. The lowest BCUT2D eigenvalue weighted by Crippen LogP contribution is -2.33. The highest BCUT2D eigenvalue weighted by atomic mass is 32.2. The lowest BCUT2D eigenvalue weighted by molar-refractivity contribution is -0.113. The lowest BCUT2D eigenvalue weighted by atomic mass is 10.2. The van der Waals surface area contributed by atoms with Crippen molar-refractivity contribution in [1.29, 1.82) is 0 Å². The number of nitrogens with one attached hydrogen (secondary N) is 2. The molecule has 2 N–H and O–H groups in total. The second-order valence-corrected chi connectivity index (χ2v) is 6.64. The Labute approximate surface area is 134 Å². The van der Waals surface area contributed by atoms with Crippen LogP contribution in [0.1, 0.15) is 20.8 Å². The van der Waals surface area contributed by atoms with E-state index in [9.17, 15) is 14.0 Å². The van der Waals surface area contributed by atoms with Gasteiger partial charge in [-0.25, -0.2) is 9.18 Å². The highest BCUT2D eigenvalue weighted by molar-refractivity contribution is 7.99. The normalized spacial score (nSPS) is 10.9. The molecule has 1 aromatic rings. The summed E-state index contributed by atoms with van der Waals surface area (Å²) in [6, 6.07) is 5.57. The third kappa shape index (κ3) is 8.51. The van der Waals surface area contributed by atoms with Crippen molar-refractivity contribution in [3.05, 3.63) is 30.1 Å². The largest absolute Gasteiger partial charge is 0.444 e. The highest BCUT2D eigenvalue weighted by Gasteiger charge is 2.15. The lowest BCUT2D eigenvalue weighted by Gasteiger charge is -2.19. The standard InChI is InChI=1S/C15H21FN2O3S/c1-15(2,3)21-14(20)17-8-9-22-10-13(19)18-12-6-4-11(16)5-7-12/h4-7H,8-10H2,1-3H3,(H,17,20)(H,18,19). The number of carbonyl (C=O) groups is 2. The van der Waals surface area contributed by atoms with Crippen molar-refractivity contribution in [3.63, 3.8) is 0 Å². The van der Waals surface area contributed by atoms with Crippen LogP contribution in [0, 0.1) is 5.82 Å². The molecule has 0 aliphatic heterocycles. The minimum atomic E-state index is -0.522. The van der Waals surface area contributed by atoms with Gasteiger partial charge >= 0.3 is 6.09 Å². The summed E-state index contributed by atoms with van der Waals surface area (Å²) in [5.41, 5.74) is 0.0330. The van der Waals surface area contributed by atoms with Gasteiger partial charge in [-0.15, -0.1) is 0 Å². The summed E-state index contributed by atoms with van der Waals surface area (Å²) in [7, 11) is 0. The zero-order valence-corrected chi connectivity index (χ0v) is 13.8. The summed E-state index contributed by atoms with van der Waals surface area (Å²) in [5.74, 6) is 0.332. The van der Waals surface area contributed by atoms with Gasteiger partial charge in [0, 0.05) is 18.0 Å². The van der Waals surface area contributed by atoms with Gasteiger partial charge in [-0.3, -0.25) is 4.79 Å². The molecule has 0 fully saturated rings. The number of thioether (sulfide) groups is 1. The molecule has 0 atom stereocenters. The fourth-order valence-electron chi connectivity index (χ4n) is 1.43. The van der Waals surface area contributed by atoms with Crippen molar-refractivity contribution < 1.29 is 18.7 Å². The van der Waals surface area contributed by atoms with Gasteiger partial charge in [0.25, 0.3) is 0 Å². The summed E-state index contributed by atoms with van der Waals surface area (Å²) >= 11 is 1.39. The van der Waals surface area contributed by atoms with Crippen molar-refractivity contribution in [2.24, 2.45) is 0 Å². The number of halogens is 1. The molecule has 0 bridgehead atoms. The van der Waals surface area contributed by atoms with Crippen LogP contribution in [0.4, 0.5) is 14.9 Å². The zero-order valence-electron chi connectivity index (χ0n) is 12.9. The number of ether oxygens (including phenoxy) is 1. The van der Waals surface area contributed by atoms with Crippen molar-refractivity contribution in [2.45, 2.75) is 26.4 Å². The van der Waals surface area contributed by atoms with E-state index in [0.717, 1.165) is 0 Å². The Hall–Kier alpha value is -1.76. The van der Waals surface area contributed by atoms with Gasteiger partial charge in [0.05, 0.1) is 5.75 Å². The second kappa shape index (κ2) is 8.63. The zero-order chi connectivity index (χ0) is 16.6. The van der Waals surface area contributed by atoms with Crippen LogP contribution in [0.25, 0.3) is 0 Å². The van der Waals surface area contributed by atoms with E-state index < -0.39 is 11.7 Å². The Bertz CT molecular complexity index is 501. The number of amides is 2. The van der Waals surface area contributed by atoms with Crippen LogP contribution < -0.4 is 10.6 Å². The average Bonchev–Trinajstić information content (AvgIpc) is 2.39. The molecule has 0 spiro atoms. The molecule has 0 aliphatic rings. The highest BCUT2D eigenvalue weighted by Crippen LogP contribution is 2.09. The summed E-state index contributed by atoms with van der Waals surface area (Å²) < 4.78 is 17.8. The number of hydrogen-bond donors (Lipinski definition) is 2. The molecule has 22 heavy (non-hydrogen) atoms. The minimum absolute atomic E-state index is 0.172. The van der Waals surface area contributed by atoms with Crippen LogP contribution in [0.3, 0.4) is 0 Å². The number of benzene rings is 1. The molecule has 122 valence electrons. The first kappa shape index (κ1) is 18.3. The van der Waals surface area contributed by atoms with E-state index in [2.05, 4.69) is 10.6 Å². The first-order chi connectivity index (χ1) is 10.3. The molecular formula is C15H21FN2O3S. The predicted octanol–water partition coefficient (Wildman–Crippen LogP) is 3.02. The van der Waals surface area contributed by atoms with Gasteiger partial charge in [0.2, 0.25) is 5.91 Å². The van der Waals surface area contributed by atoms with Crippen molar-refractivity contribution >= 4 is 29.4 Å². The van der Waals surface area contributed by atoms with Crippen LogP contribution >= 0.6 is 11.8 Å². The fourth-order valence-corrected chi connectivity index (χ4v) is 2.08. The quantitative estimate of drug-likeness (QED) is 0.788. The maximum Gasteiger partial charge on any atom is 0.407 e. The Morgan fingerprint density at radius 1 is 1.23 bits per heavy atom. The molecule has 2 amide bonds. The van der Waals surface area contributed by atoms with Crippen molar-refractivity contribution in [3.8, 4) is 0 Å². The average molecular weight is 328 g/mol. The molecule has 0 saturated heterocycles. The van der Waals surface area contributed by atoms with E-state index in [-0.39, 0.29) is 17.5 Å². The number of rotatable bonds is 6. The van der Waals surface area contributed by atoms with Crippen LogP contribution in [-0.2, 0) is 9.53 Å². The predicted molar refractivity (Wildman–Crippen MR) is 86.6 cm³/mol. The monoisotopic (exact) mass is 328 g/mol. The Morgan fingerprint density at radius 3 is 2.45 bits per heavy atom. The minimum Gasteiger partial charge on any atom is -0.444 e. The molecule has 5 nitrogen and oxygen atoms in total. The molecular weight excluding hydrogens is 307 g/mol.